The molecule has 2 aliphatic rings. The van der Waals surface area contributed by atoms with E-state index in [2.05, 4.69) is 20.1 Å². The van der Waals surface area contributed by atoms with Gasteiger partial charge in [0.25, 0.3) is 5.91 Å². The maximum absolute atomic E-state index is 12.9. The molecular formula is C20H24N4O3. The molecular weight excluding hydrogens is 344 g/mol. The van der Waals surface area contributed by atoms with Crippen LogP contribution in [0.5, 0.6) is 0 Å². The number of benzene rings is 1. The van der Waals surface area contributed by atoms with E-state index in [0.717, 1.165) is 43.4 Å². The molecule has 1 aromatic carbocycles. The molecule has 2 aromatic rings. The Balaban J connectivity index is 1.51. The topological polar surface area (TPSA) is 66.9 Å². The minimum absolute atomic E-state index is 0.132. The molecule has 0 saturated carbocycles. The van der Waals surface area contributed by atoms with Gasteiger partial charge < -0.3 is 24.6 Å². The van der Waals surface area contributed by atoms with Crippen LogP contribution in [-0.4, -0.2) is 63.5 Å². The number of nitrogens with one attached hydrogen (secondary N) is 1. The lowest BCUT2D eigenvalue weighted by atomic mass is 10.2. The lowest BCUT2D eigenvalue weighted by Crippen LogP contribution is -2.37. The van der Waals surface area contributed by atoms with Gasteiger partial charge in [-0.3, -0.25) is 4.79 Å². The number of carbonyl (C=O) groups is 1. The Kier molecular flexibility index (Phi) is 5.50. The van der Waals surface area contributed by atoms with Crippen LogP contribution in [0.2, 0.25) is 0 Å². The van der Waals surface area contributed by atoms with Gasteiger partial charge in [0, 0.05) is 37.9 Å². The molecule has 0 bridgehead atoms. The molecule has 142 valence electrons. The van der Waals surface area contributed by atoms with E-state index in [9.17, 15) is 4.79 Å². The van der Waals surface area contributed by atoms with Crippen LogP contribution in [0.15, 0.2) is 42.6 Å². The summed E-state index contributed by atoms with van der Waals surface area (Å²) in [7, 11) is 0. The van der Waals surface area contributed by atoms with Gasteiger partial charge in [-0.1, -0.05) is 12.1 Å². The fourth-order valence-corrected chi connectivity index (χ4v) is 3.38. The van der Waals surface area contributed by atoms with E-state index in [1.54, 1.807) is 12.3 Å². The van der Waals surface area contributed by atoms with Crippen LogP contribution in [-0.2, 0) is 9.47 Å². The maximum atomic E-state index is 12.9. The maximum Gasteiger partial charge on any atom is 0.255 e. The molecule has 0 atom stereocenters. The number of ether oxygens (including phenoxy) is 2. The predicted octanol–water partition coefficient (Wildman–Crippen LogP) is 2.01. The fourth-order valence-electron chi connectivity index (χ4n) is 3.38. The standard InChI is InChI=1S/C20H24N4O3/c25-20(16-5-6-21-19(15-16)24-9-13-27-14-10-24)22-17-3-1-2-4-18(17)23-7-11-26-12-8-23/h1-6,15H,7-14H2,(H,22,25). The Hall–Kier alpha value is -2.64. The third-order valence-corrected chi connectivity index (χ3v) is 4.85. The van der Waals surface area contributed by atoms with Gasteiger partial charge in [0.15, 0.2) is 0 Å². The number of pyridine rings is 1. The van der Waals surface area contributed by atoms with Crippen molar-refractivity contribution in [3.8, 4) is 0 Å². The number of amides is 1. The van der Waals surface area contributed by atoms with Crippen molar-refractivity contribution >= 4 is 23.1 Å². The van der Waals surface area contributed by atoms with Gasteiger partial charge in [-0.25, -0.2) is 4.98 Å². The van der Waals surface area contributed by atoms with E-state index in [-0.39, 0.29) is 5.91 Å². The number of hydrogen-bond acceptors (Lipinski definition) is 6. The number of nitrogens with zero attached hydrogens (tertiary/aromatic N) is 3. The molecule has 7 heteroatoms. The van der Waals surface area contributed by atoms with Crippen LogP contribution in [0.3, 0.4) is 0 Å². The second kappa shape index (κ2) is 8.37. The molecule has 0 spiro atoms. The van der Waals surface area contributed by atoms with E-state index in [1.165, 1.54) is 0 Å². The van der Waals surface area contributed by atoms with Gasteiger partial charge in [0.2, 0.25) is 0 Å². The summed E-state index contributed by atoms with van der Waals surface area (Å²) in [6.45, 7) is 6.00. The molecule has 0 radical (unpaired) electrons. The van der Waals surface area contributed by atoms with E-state index in [4.69, 9.17) is 9.47 Å². The van der Waals surface area contributed by atoms with Gasteiger partial charge in [0.05, 0.1) is 37.8 Å². The summed E-state index contributed by atoms with van der Waals surface area (Å²) < 4.78 is 10.8. The first-order chi connectivity index (χ1) is 13.3. The zero-order valence-corrected chi connectivity index (χ0v) is 15.3. The average Bonchev–Trinajstić information content (AvgIpc) is 2.75. The third kappa shape index (κ3) is 4.20. The zero-order valence-electron chi connectivity index (χ0n) is 15.3. The molecule has 0 aliphatic carbocycles. The monoisotopic (exact) mass is 368 g/mol. The first kappa shape index (κ1) is 17.8. The van der Waals surface area contributed by atoms with E-state index in [0.29, 0.717) is 32.0 Å². The van der Waals surface area contributed by atoms with E-state index in [1.807, 2.05) is 30.3 Å². The molecule has 0 unspecified atom stereocenters. The molecule has 1 N–H and O–H groups in total. The van der Waals surface area contributed by atoms with Crippen molar-refractivity contribution in [2.75, 3.05) is 67.7 Å². The molecule has 1 aromatic heterocycles. The van der Waals surface area contributed by atoms with Gasteiger partial charge in [-0.15, -0.1) is 0 Å². The Morgan fingerprint density at radius 2 is 1.59 bits per heavy atom. The van der Waals surface area contributed by atoms with Crippen molar-refractivity contribution < 1.29 is 14.3 Å². The summed E-state index contributed by atoms with van der Waals surface area (Å²) in [6.07, 6.45) is 1.69. The van der Waals surface area contributed by atoms with Crippen LogP contribution in [0.4, 0.5) is 17.2 Å². The molecule has 3 heterocycles. The van der Waals surface area contributed by atoms with Gasteiger partial charge in [0.1, 0.15) is 5.82 Å². The van der Waals surface area contributed by atoms with Crippen LogP contribution >= 0.6 is 0 Å². The molecule has 2 fully saturated rings. The second-order valence-electron chi connectivity index (χ2n) is 6.57. The Labute approximate surface area is 158 Å². The quantitative estimate of drug-likeness (QED) is 0.891. The summed E-state index contributed by atoms with van der Waals surface area (Å²) >= 11 is 0. The molecule has 27 heavy (non-hydrogen) atoms. The molecule has 1 amide bonds. The lowest BCUT2D eigenvalue weighted by molar-refractivity contribution is 0.102. The highest BCUT2D eigenvalue weighted by Crippen LogP contribution is 2.27. The molecule has 2 saturated heterocycles. The smallest absolute Gasteiger partial charge is 0.255 e. The number of anilines is 3. The highest BCUT2D eigenvalue weighted by Gasteiger charge is 2.18. The molecule has 4 rings (SSSR count). The second-order valence-corrected chi connectivity index (χ2v) is 6.57. The van der Waals surface area contributed by atoms with Crippen molar-refractivity contribution in [1.82, 2.24) is 4.98 Å². The first-order valence-corrected chi connectivity index (χ1v) is 9.33. The molecule has 2 aliphatic heterocycles. The van der Waals surface area contributed by atoms with Crippen molar-refractivity contribution in [1.29, 1.82) is 0 Å². The van der Waals surface area contributed by atoms with Crippen molar-refractivity contribution in [2.45, 2.75) is 0 Å². The number of para-hydroxylation sites is 2. The summed E-state index contributed by atoms with van der Waals surface area (Å²) in [5.74, 6) is 0.681. The normalized spacial score (nSPS) is 17.6. The fraction of sp³-hybridized carbons (Fsp3) is 0.400. The lowest BCUT2D eigenvalue weighted by Gasteiger charge is -2.30. The van der Waals surface area contributed by atoms with Gasteiger partial charge >= 0.3 is 0 Å². The highest BCUT2D eigenvalue weighted by molar-refractivity contribution is 6.06. The van der Waals surface area contributed by atoms with Crippen LogP contribution in [0.25, 0.3) is 0 Å². The molecule has 7 nitrogen and oxygen atoms in total. The number of carbonyl (C=O) groups excluding carboxylic acids is 1. The van der Waals surface area contributed by atoms with Crippen LogP contribution in [0, 0.1) is 0 Å². The number of hydrogen-bond donors (Lipinski definition) is 1. The summed E-state index contributed by atoms with van der Waals surface area (Å²) in [6, 6.07) is 11.5. The SMILES string of the molecule is O=C(Nc1ccccc1N1CCOCC1)c1ccnc(N2CCOCC2)c1. The first-order valence-electron chi connectivity index (χ1n) is 9.33. The Morgan fingerprint density at radius 3 is 2.33 bits per heavy atom. The zero-order chi connectivity index (χ0) is 18.5. The van der Waals surface area contributed by atoms with E-state index >= 15 is 0 Å². The number of aromatic nitrogens is 1. The predicted molar refractivity (Wildman–Crippen MR) is 105 cm³/mol. The number of rotatable bonds is 4. The summed E-state index contributed by atoms with van der Waals surface area (Å²) in [5.41, 5.74) is 2.44. The minimum Gasteiger partial charge on any atom is -0.378 e. The van der Waals surface area contributed by atoms with E-state index < -0.39 is 0 Å². The van der Waals surface area contributed by atoms with Crippen LogP contribution < -0.4 is 15.1 Å². The van der Waals surface area contributed by atoms with Crippen molar-refractivity contribution in [3.05, 3.63) is 48.2 Å². The summed E-state index contributed by atoms with van der Waals surface area (Å²) in [4.78, 5) is 21.7. The largest absolute Gasteiger partial charge is 0.378 e. The number of morpholine rings is 2. The Morgan fingerprint density at radius 1 is 0.926 bits per heavy atom. The van der Waals surface area contributed by atoms with Gasteiger partial charge in [-0.2, -0.15) is 0 Å². The van der Waals surface area contributed by atoms with Gasteiger partial charge in [-0.05, 0) is 24.3 Å². The highest BCUT2D eigenvalue weighted by atomic mass is 16.5. The minimum atomic E-state index is -0.132. The van der Waals surface area contributed by atoms with Crippen LogP contribution in [0.1, 0.15) is 10.4 Å². The van der Waals surface area contributed by atoms with Crippen molar-refractivity contribution in [3.63, 3.8) is 0 Å². The third-order valence-electron chi connectivity index (χ3n) is 4.85. The average molecular weight is 368 g/mol. The Bertz CT molecular complexity index is 786. The van der Waals surface area contributed by atoms with Crippen molar-refractivity contribution in [2.24, 2.45) is 0 Å². The summed E-state index contributed by atoms with van der Waals surface area (Å²) in [5, 5.41) is 3.06.